The minimum Gasteiger partial charge on any atom is -0.412 e. The van der Waals surface area contributed by atoms with Crippen molar-refractivity contribution in [3.8, 4) is 0 Å². The second kappa shape index (κ2) is 53.7. The van der Waals surface area contributed by atoms with Crippen molar-refractivity contribution in [2.45, 2.75) is 200 Å². The Hall–Kier alpha value is -0.0700. The van der Waals surface area contributed by atoms with E-state index in [-0.39, 0.29) is 40.5 Å². The molecule has 0 spiro atoms. The second-order valence-electron chi connectivity index (χ2n) is 13.4. The van der Waals surface area contributed by atoms with Gasteiger partial charge in [0.25, 0.3) is 0 Å². The van der Waals surface area contributed by atoms with Gasteiger partial charge in [0.15, 0.2) is 0 Å². The Labute approximate surface area is 305 Å². The number of rotatable bonds is 38. The van der Waals surface area contributed by atoms with Gasteiger partial charge in [0.05, 0.1) is 0 Å². The van der Waals surface area contributed by atoms with E-state index < -0.39 is 0 Å². The normalized spacial score (nSPS) is 11.2. The van der Waals surface area contributed by atoms with E-state index in [1.54, 1.807) is 0 Å². The van der Waals surface area contributed by atoms with Crippen LogP contribution in [0.15, 0.2) is 0 Å². The number of aliphatic hydroxyl groups is 1. The first-order valence-electron chi connectivity index (χ1n) is 19.8. The molecule has 300 valence electrons. The molecule has 0 saturated carbocycles. The Morgan fingerprint density at radius 1 is 0.438 bits per heavy atom. The second-order valence-corrected chi connectivity index (χ2v) is 13.4. The van der Waals surface area contributed by atoms with Crippen molar-refractivity contribution in [2.24, 2.45) is 5.73 Å². The van der Waals surface area contributed by atoms with Gasteiger partial charge in [-0.3, -0.25) is 4.90 Å². The maximum absolute atomic E-state index is 11.1. The predicted octanol–water partition coefficient (Wildman–Crippen LogP) is 6.83. The van der Waals surface area contributed by atoms with Crippen LogP contribution in [0.4, 0.5) is 0 Å². The highest BCUT2D eigenvalue weighted by molar-refractivity contribution is 5.85. The Balaban J connectivity index is -0.000000882. The third kappa shape index (κ3) is 48.0. The van der Waals surface area contributed by atoms with Crippen LogP contribution in [0.2, 0.25) is 0 Å². The molecular formula is C38H91ClN4O5. The molecule has 0 rings (SSSR count). The molecule has 0 saturated heterocycles. The summed E-state index contributed by atoms with van der Waals surface area (Å²) in [7, 11) is 0. The molecule has 0 bridgehead atoms. The fourth-order valence-electron chi connectivity index (χ4n) is 6.11. The maximum atomic E-state index is 11.1. The largest absolute Gasteiger partial charge is 0.412 e. The molecule has 0 radical (unpaired) electrons. The van der Waals surface area contributed by atoms with Gasteiger partial charge < -0.3 is 43.4 Å². The van der Waals surface area contributed by atoms with Crippen LogP contribution in [0.3, 0.4) is 0 Å². The van der Waals surface area contributed by atoms with Gasteiger partial charge in [0, 0.05) is 13.1 Å². The van der Waals surface area contributed by atoms with E-state index in [1.807, 2.05) is 0 Å². The third-order valence-electron chi connectivity index (χ3n) is 9.11. The van der Waals surface area contributed by atoms with Crippen LogP contribution in [0, 0.1) is 0 Å². The fourth-order valence-corrected chi connectivity index (χ4v) is 6.11. The van der Waals surface area contributed by atoms with Crippen LogP contribution in [-0.2, 0) is 0 Å². The standard InChI is InChI=1S/C38H82N4O.ClH.4H2O/c1-3-5-7-9-11-13-15-17-19-21-23-27-36-42(37-28-24-22-20-18-16-14-12-10-8-6-4-2)38(43)30-35-41-33-26-25-32-40-34-29-31-39;;;;;/h38,40-41,43H,3-37,39H2,1-2H3;1H;4*1H2. The number of nitrogens with one attached hydrogen (secondary N) is 2. The summed E-state index contributed by atoms with van der Waals surface area (Å²) in [6, 6.07) is 0. The van der Waals surface area contributed by atoms with Crippen molar-refractivity contribution >= 4 is 12.4 Å². The molecule has 0 amide bonds. The molecule has 0 heterocycles. The van der Waals surface area contributed by atoms with E-state index in [1.165, 1.54) is 167 Å². The van der Waals surface area contributed by atoms with Crippen LogP contribution in [0.25, 0.3) is 0 Å². The number of nitrogens with two attached hydrogens (primary N) is 1. The monoisotopic (exact) mass is 719 g/mol. The zero-order chi connectivity index (χ0) is 31.3. The molecule has 1 unspecified atom stereocenters. The molecule has 0 aromatic heterocycles. The zero-order valence-electron chi connectivity index (χ0n) is 32.2. The Bertz CT molecular complexity index is 488. The number of hydrogen-bond donors (Lipinski definition) is 4. The van der Waals surface area contributed by atoms with Crippen LogP contribution in [-0.4, -0.2) is 84.0 Å². The summed E-state index contributed by atoms with van der Waals surface area (Å²) < 4.78 is 0. The van der Waals surface area contributed by atoms with Gasteiger partial charge in [-0.05, 0) is 71.2 Å². The highest BCUT2D eigenvalue weighted by Gasteiger charge is 2.14. The van der Waals surface area contributed by atoms with Gasteiger partial charge in [0.2, 0.25) is 0 Å². The van der Waals surface area contributed by atoms with Crippen LogP contribution in [0.1, 0.15) is 194 Å². The van der Waals surface area contributed by atoms with Crippen molar-refractivity contribution in [3.63, 3.8) is 0 Å². The molecule has 13 N–H and O–H groups in total. The number of aliphatic hydroxyl groups excluding tert-OH is 1. The summed E-state index contributed by atoms with van der Waals surface area (Å²) in [5.41, 5.74) is 5.55. The topological polar surface area (TPSA) is 200 Å². The molecule has 0 aromatic rings. The number of nitrogens with zero attached hydrogens (tertiary/aromatic N) is 1. The molecule has 0 fully saturated rings. The maximum Gasteiger partial charge on any atom is 0.108 e. The first kappa shape index (κ1) is 60.0. The van der Waals surface area contributed by atoms with E-state index in [2.05, 4.69) is 29.4 Å². The van der Waals surface area contributed by atoms with Crippen molar-refractivity contribution in [2.75, 3.05) is 45.8 Å². The van der Waals surface area contributed by atoms with Gasteiger partial charge in [-0.1, -0.05) is 155 Å². The molecule has 0 aliphatic rings. The smallest absolute Gasteiger partial charge is 0.108 e. The van der Waals surface area contributed by atoms with Crippen LogP contribution >= 0.6 is 12.4 Å². The Morgan fingerprint density at radius 2 is 0.729 bits per heavy atom. The Kier molecular flexibility index (Phi) is 67.2. The summed E-state index contributed by atoms with van der Waals surface area (Å²) in [6.45, 7) is 11.6. The Morgan fingerprint density at radius 3 is 1.06 bits per heavy atom. The first-order chi connectivity index (χ1) is 21.3. The summed E-state index contributed by atoms with van der Waals surface area (Å²) >= 11 is 0. The molecule has 10 heteroatoms. The summed E-state index contributed by atoms with van der Waals surface area (Å²) in [4.78, 5) is 2.40. The van der Waals surface area contributed by atoms with E-state index in [4.69, 9.17) is 5.73 Å². The SMILES string of the molecule is CCCCCCCCCCCCCCN(CCCCCCCCCCCCCC)C(O)CCNCCCCNCCCN.Cl.O.O.O.O. The highest BCUT2D eigenvalue weighted by atomic mass is 35.5. The fraction of sp³-hybridized carbons (Fsp3) is 1.00. The van der Waals surface area contributed by atoms with Gasteiger partial charge in [-0.2, -0.15) is 0 Å². The third-order valence-corrected chi connectivity index (χ3v) is 9.11. The molecule has 0 aromatic carbocycles. The van der Waals surface area contributed by atoms with Crippen LogP contribution < -0.4 is 16.4 Å². The van der Waals surface area contributed by atoms with Gasteiger partial charge in [-0.25, -0.2) is 0 Å². The lowest BCUT2D eigenvalue weighted by Gasteiger charge is -2.28. The lowest BCUT2D eigenvalue weighted by Crippen LogP contribution is -2.39. The van der Waals surface area contributed by atoms with E-state index in [0.717, 1.165) is 58.7 Å². The zero-order valence-corrected chi connectivity index (χ0v) is 33.0. The number of unbranched alkanes of at least 4 members (excludes halogenated alkanes) is 23. The van der Waals surface area contributed by atoms with E-state index in [9.17, 15) is 5.11 Å². The average molecular weight is 720 g/mol. The van der Waals surface area contributed by atoms with Crippen molar-refractivity contribution < 1.29 is 27.0 Å². The van der Waals surface area contributed by atoms with Gasteiger partial charge >= 0.3 is 0 Å². The lowest BCUT2D eigenvalue weighted by atomic mass is 10.0. The predicted molar refractivity (Wildman–Crippen MR) is 215 cm³/mol. The summed E-state index contributed by atoms with van der Waals surface area (Å²) in [6.07, 6.45) is 37.3. The minimum absolute atomic E-state index is 0. The number of halogens is 1. The van der Waals surface area contributed by atoms with Crippen molar-refractivity contribution in [3.05, 3.63) is 0 Å². The molecule has 9 nitrogen and oxygen atoms in total. The van der Waals surface area contributed by atoms with E-state index in [0.29, 0.717) is 0 Å². The van der Waals surface area contributed by atoms with Crippen molar-refractivity contribution in [1.29, 1.82) is 0 Å². The highest BCUT2D eigenvalue weighted by Crippen LogP contribution is 2.15. The molecule has 1 atom stereocenters. The molecular weight excluding hydrogens is 628 g/mol. The van der Waals surface area contributed by atoms with Gasteiger partial charge in [-0.15, -0.1) is 12.4 Å². The average Bonchev–Trinajstić information content (AvgIpc) is 3.01. The van der Waals surface area contributed by atoms with Crippen LogP contribution in [0.5, 0.6) is 0 Å². The molecule has 0 aliphatic heterocycles. The quantitative estimate of drug-likeness (QED) is 0.0400. The van der Waals surface area contributed by atoms with E-state index >= 15 is 0 Å². The number of hydrogen-bond acceptors (Lipinski definition) is 5. The molecule has 48 heavy (non-hydrogen) atoms. The first-order valence-corrected chi connectivity index (χ1v) is 19.8. The summed E-state index contributed by atoms with van der Waals surface area (Å²) in [5, 5.41) is 18.1. The van der Waals surface area contributed by atoms with Gasteiger partial charge in [0.1, 0.15) is 6.23 Å². The lowest BCUT2D eigenvalue weighted by molar-refractivity contribution is -0.00411. The molecule has 0 aliphatic carbocycles. The summed E-state index contributed by atoms with van der Waals surface area (Å²) in [5.74, 6) is 0. The minimum atomic E-state index is -0.300. The van der Waals surface area contributed by atoms with Crippen molar-refractivity contribution in [1.82, 2.24) is 15.5 Å².